The third kappa shape index (κ3) is 5.17. The second-order valence-electron chi connectivity index (χ2n) is 7.26. The largest absolute Gasteiger partial charge is 0.456 e. The van der Waals surface area contributed by atoms with Crippen LogP contribution in [-0.4, -0.2) is 62.2 Å². The first-order valence-corrected chi connectivity index (χ1v) is 8.46. The maximum atomic E-state index is 12.3. The van der Waals surface area contributed by atoms with Crippen molar-refractivity contribution in [3.8, 4) is 0 Å². The molecule has 0 saturated carbocycles. The number of ether oxygens (including phenoxy) is 2. The van der Waals surface area contributed by atoms with Gasteiger partial charge in [0.15, 0.2) is 5.69 Å². The molecule has 2 heterocycles. The summed E-state index contributed by atoms with van der Waals surface area (Å²) in [4.78, 5) is 37.0. The van der Waals surface area contributed by atoms with Gasteiger partial charge in [0.25, 0.3) is 0 Å². The third-order valence-corrected chi connectivity index (χ3v) is 3.83. The van der Waals surface area contributed by atoms with E-state index in [1.807, 2.05) is 0 Å². The number of aromatic nitrogens is 3. The molecule has 1 aromatic heterocycles. The number of carbonyl (C=O) groups is 3. The van der Waals surface area contributed by atoms with E-state index in [-0.39, 0.29) is 18.3 Å². The zero-order chi connectivity index (χ0) is 19.5. The van der Waals surface area contributed by atoms with Crippen LogP contribution in [0.1, 0.15) is 51.0 Å². The van der Waals surface area contributed by atoms with Crippen molar-refractivity contribution < 1.29 is 23.9 Å². The van der Waals surface area contributed by atoms with Crippen LogP contribution in [0.3, 0.4) is 0 Å². The Kier molecular flexibility index (Phi) is 5.83. The van der Waals surface area contributed by atoms with E-state index in [4.69, 9.17) is 15.2 Å². The molecule has 1 aliphatic rings. The molecule has 26 heavy (non-hydrogen) atoms. The van der Waals surface area contributed by atoms with Crippen LogP contribution >= 0.6 is 0 Å². The van der Waals surface area contributed by atoms with E-state index >= 15 is 0 Å². The van der Waals surface area contributed by atoms with E-state index in [9.17, 15) is 14.4 Å². The van der Waals surface area contributed by atoms with Gasteiger partial charge in [-0.1, -0.05) is 5.21 Å². The number of carbonyl (C=O) groups excluding carboxylic acids is 3. The average Bonchev–Trinajstić information content (AvgIpc) is 3.13. The van der Waals surface area contributed by atoms with Crippen LogP contribution in [0.4, 0.5) is 4.79 Å². The molecule has 0 spiro atoms. The molecule has 1 fully saturated rings. The van der Waals surface area contributed by atoms with Gasteiger partial charge in [0, 0.05) is 6.54 Å². The van der Waals surface area contributed by atoms with Crippen molar-refractivity contribution in [3.63, 3.8) is 0 Å². The first-order chi connectivity index (χ1) is 12.1. The fourth-order valence-electron chi connectivity index (χ4n) is 2.76. The minimum atomic E-state index is -0.677. The molecule has 1 saturated heterocycles. The molecule has 0 aromatic carbocycles. The number of hydrogen-bond acceptors (Lipinski definition) is 7. The first-order valence-electron chi connectivity index (χ1n) is 8.46. The lowest BCUT2D eigenvalue weighted by atomic mass is 10.1. The van der Waals surface area contributed by atoms with Gasteiger partial charge in [0.2, 0.25) is 5.91 Å². The summed E-state index contributed by atoms with van der Waals surface area (Å²) < 4.78 is 12.0. The zero-order valence-corrected chi connectivity index (χ0v) is 15.5. The highest BCUT2D eigenvalue weighted by Crippen LogP contribution is 2.24. The molecule has 1 aliphatic heterocycles. The van der Waals surface area contributed by atoms with Crippen LogP contribution in [0.15, 0.2) is 6.20 Å². The molecule has 10 heteroatoms. The van der Waals surface area contributed by atoms with Crippen molar-refractivity contribution >= 4 is 18.0 Å². The SMILES string of the molecule is C[C@@H](OC(=O)c1cn(CC(N)=O)nn1)[C@H]1CCCN1C(=O)OC(C)(C)C. The van der Waals surface area contributed by atoms with Crippen LogP contribution in [0.5, 0.6) is 0 Å². The van der Waals surface area contributed by atoms with E-state index < -0.39 is 29.7 Å². The summed E-state index contributed by atoms with van der Waals surface area (Å²) in [7, 11) is 0. The van der Waals surface area contributed by atoms with Crippen LogP contribution in [-0.2, 0) is 20.8 Å². The Morgan fingerprint density at radius 2 is 2.08 bits per heavy atom. The Bertz CT molecular complexity index is 681. The Morgan fingerprint density at radius 1 is 1.38 bits per heavy atom. The molecule has 2 amide bonds. The number of primary amides is 1. The number of nitrogens with zero attached hydrogens (tertiary/aromatic N) is 4. The number of hydrogen-bond donors (Lipinski definition) is 1. The van der Waals surface area contributed by atoms with Crippen molar-refractivity contribution in [1.29, 1.82) is 0 Å². The quantitative estimate of drug-likeness (QED) is 0.758. The van der Waals surface area contributed by atoms with Crippen molar-refractivity contribution in [1.82, 2.24) is 19.9 Å². The van der Waals surface area contributed by atoms with Crippen LogP contribution in [0, 0.1) is 0 Å². The highest BCUT2D eigenvalue weighted by molar-refractivity contribution is 5.87. The van der Waals surface area contributed by atoms with Gasteiger partial charge in [0.05, 0.1) is 12.2 Å². The number of rotatable bonds is 5. The lowest BCUT2D eigenvalue weighted by molar-refractivity contribution is -0.118. The van der Waals surface area contributed by atoms with Crippen LogP contribution < -0.4 is 5.73 Å². The van der Waals surface area contributed by atoms with Crippen molar-refractivity contribution in [3.05, 3.63) is 11.9 Å². The topological polar surface area (TPSA) is 130 Å². The normalized spacial score (nSPS) is 18.5. The molecule has 1 aromatic rings. The maximum absolute atomic E-state index is 12.3. The second kappa shape index (κ2) is 7.71. The van der Waals surface area contributed by atoms with E-state index in [0.717, 1.165) is 11.1 Å². The summed E-state index contributed by atoms with van der Waals surface area (Å²) in [6, 6.07) is -0.269. The van der Waals surface area contributed by atoms with E-state index in [1.165, 1.54) is 6.20 Å². The molecule has 0 aliphatic carbocycles. The second-order valence-corrected chi connectivity index (χ2v) is 7.26. The molecule has 10 nitrogen and oxygen atoms in total. The van der Waals surface area contributed by atoms with Crippen LogP contribution in [0.2, 0.25) is 0 Å². The van der Waals surface area contributed by atoms with Gasteiger partial charge >= 0.3 is 12.1 Å². The van der Waals surface area contributed by atoms with Gasteiger partial charge < -0.3 is 20.1 Å². The summed E-state index contributed by atoms with van der Waals surface area (Å²) in [5, 5.41) is 7.32. The molecule has 2 atom stereocenters. The molecule has 0 radical (unpaired) electrons. The molecular weight excluding hydrogens is 342 g/mol. The summed E-state index contributed by atoms with van der Waals surface area (Å²) in [5.41, 5.74) is 4.45. The third-order valence-electron chi connectivity index (χ3n) is 3.83. The molecule has 2 N–H and O–H groups in total. The number of nitrogens with two attached hydrogens (primary N) is 1. The lowest BCUT2D eigenvalue weighted by Gasteiger charge is -2.31. The summed E-state index contributed by atoms with van der Waals surface area (Å²) >= 11 is 0. The average molecular weight is 367 g/mol. The fraction of sp³-hybridized carbons (Fsp3) is 0.688. The van der Waals surface area contributed by atoms with Crippen molar-refractivity contribution in [2.75, 3.05) is 6.54 Å². The van der Waals surface area contributed by atoms with Gasteiger partial charge in [-0.2, -0.15) is 0 Å². The van der Waals surface area contributed by atoms with Gasteiger partial charge in [-0.25, -0.2) is 14.3 Å². The Labute approximate surface area is 151 Å². The summed E-state index contributed by atoms with van der Waals surface area (Å²) in [5.74, 6) is -1.27. The summed E-state index contributed by atoms with van der Waals surface area (Å²) in [6.45, 7) is 7.50. The van der Waals surface area contributed by atoms with Gasteiger partial charge in [-0.05, 0) is 40.5 Å². The zero-order valence-electron chi connectivity index (χ0n) is 15.5. The maximum Gasteiger partial charge on any atom is 0.410 e. The highest BCUT2D eigenvalue weighted by Gasteiger charge is 2.37. The molecule has 144 valence electrons. The van der Waals surface area contributed by atoms with Crippen LogP contribution in [0.25, 0.3) is 0 Å². The number of amides is 2. The number of likely N-dealkylation sites (tertiary alicyclic amines) is 1. The Hall–Kier alpha value is -2.65. The Balaban J connectivity index is 1.98. The minimum Gasteiger partial charge on any atom is -0.456 e. The molecular formula is C16H25N5O5. The predicted octanol–water partition coefficient (Wildman–Crippen LogP) is 0.708. The number of esters is 1. The Morgan fingerprint density at radius 3 is 2.69 bits per heavy atom. The minimum absolute atomic E-state index is 0.0279. The standard InChI is InChI=1S/C16H25N5O5/c1-10(12-6-5-7-21(12)15(24)26-16(2,3)4)25-14(23)11-8-20(19-18-11)9-13(17)22/h8,10,12H,5-7,9H2,1-4H3,(H2,17,22)/t10-,12-/m1/s1. The molecule has 0 bridgehead atoms. The monoisotopic (exact) mass is 367 g/mol. The molecule has 0 unspecified atom stereocenters. The predicted molar refractivity (Wildman–Crippen MR) is 90.1 cm³/mol. The fourth-order valence-corrected chi connectivity index (χ4v) is 2.76. The van der Waals surface area contributed by atoms with Gasteiger partial charge in [0.1, 0.15) is 18.2 Å². The highest BCUT2D eigenvalue weighted by atomic mass is 16.6. The lowest BCUT2D eigenvalue weighted by Crippen LogP contribution is -2.45. The summed E-state index contributed by atoms with van der Waals surface area (Å²) in [6.07, 6.45) is 1.84. The van der Waals surface area contributed by atoms with Crippen molar-refractivity contribution in [2.24, 2.45) is 5.73 Å². The molecule has 2 rings (SSSR count). The van der Waals surface area contributed by atoms with Gasteiger partial charge in [-0.15, -0.1) is 5.10 Å². The smallest absolute Gasteiger partial charge is 0.410 e. The van der Waals surface area contributed by atoms with E-state index in [0.29, 0.717) is 13.0 Å². The van der Waals surface area contributed by atoms with E-state index in [1.54, 1.807) is 32.6 Å². The first kappa shape index (κ1) is 19.7. The van der Waals surface area contributed by atoms with E-state index in [2.05, 4.69) is 10.3 Å². The van der Waals surface area contributed by atoms with Gasteiger partial charge in [-0.3, -0.25) is 4.79 Å². The van der Waals surface area contributed by atoms with Crippen molar-refractivity contribution in [2.45, 2.75) is 64.8 Å².